The van der Waals surface area contributed by atoms with Crippen molar-refractivity contribution in [3.05, 3.63) is 92.4 Å². The number of hydrogen-bond acceptors (Lipinski definition) is 4. The van der Waals surface area contributed by atoms with Crippen LogP contribution < -0.4 is 11.3 Å². The van der Waals surface area contributed by atoms with Gasteiger partial charge in [-0.15, -0.1) is 0 Å². The summed E-state index contributed by atoms with van der Waals surface area (Å²) in [4.78, 5) is 22.7. The predicted octanol–water partition coefficient (Wildman–Crippen LogP) is 4.96. The number of hydrogen-bond donors (Lipinski definition) is 0. The first-order valence-electron chi connectivity index (χ1n) is 8.82. The van der Waals surface area contributed by atoms with Crippen LogP contribution in [0.5, 0.6) is 0 Å². The van der Waals surface area contributed by atoms with Crippen molar-refractivity contribution >= 4 is 11.6 Å². The van der Waals surface area contributed by atoms with E-state index in [0.29, 0.717) is 10.6 Å². The van der Waals surface area contributed by atoms with E-state index in [2.05, 4.69) is 4.52 Å². The molecule has 162 valence electrons. The quantitative estimate of drug-likeness (QED) is 0.431. The van der Waals surface area contributed by atoms with E-state index < -0.39 is 17.4 Å². The van der Waals surface area contributed by atoms with Gasteiger partial charge in [-0.25, -0.2) is 19.1 Å². The molecule has 2 aromatic carbocycles. The molecule has 2 heterocycles. The summed E-state index contributed by atoms with van der Waals surface area (Å²) in [6, 6.07) is 11.7. The van der Waals surface area contributed by atoms with Gasteiger partial charge < -0.3 is 9.05 Å². The summed E-state index contributed by atoms with van der Waals surface area (Å²) in [6.07, 6.45) is -1.45. The van der Waals surface area contributed by atoms with Gasteiger partial charge in [-0.2, -0.15) is 13.2 Å². The lowest BCUT2D eigenvalue weighted by Gasteiger charge is -2.06. The SMILES string of the molecule is Cn1cc(-c2cccc(C(F)(F)F)c2)c(=O)o1.Cn1cc(-c2cccc(Cl)c2)c(=O)o1. The van der Waals surface area contributed by atoms with Crippen LogP contribution in [0.25, 0.3) is 22.3 Å². The van der Waals surface area contributed by atoms with E-state index in [4.69, 9.17) is 16.1 Å². The molecule has 31 heavy (non-hydrogen) atoms. The first-order chi connectivity index (χ1) is 14.5. The standard InChI is InChI=1S/C11H8F3NO2.C10H8ClNO2/c1-15-6-9(10(16)17-15)7-3-2-4-8(5-7)11(12,13)14;1-12-6-9(10(13)14-12)7-3-2-4-8(11)5-7/h2-6H,1H3;2-6H,1H3. The van der Waals surface area contributed by atoms with Crippen LogP contribution in [0.4, 0.5) is 13.2 Å². The summed E-state index contributed by atoms with van der Waals surface area (Å²) in [6.45, 7) is 0. The second-order valence-corrected chi connectivity index (χ2v) is 6.96. The molecular formula is C21H16ClF3N2O4. The van der Waals surface area contributed by atoms with Gasteiger partial charge in [0.05, 0.1) is 29.1 Å². The molecule has 0 N–H and O–H groups in total. The highest BCUT2D eigenvalue weighted by atomic mass is 35.5. The zero-order chi connectivity index (χ0) is 22.8. The Morgan fingerprint density at radius 3 is 1.71 bits per heavy atom. The van der Waals surface area contributed by atoms with Crippen LogP contribution in [0.15, 0.2) is 79.6 Å². The van der Waals surface area contributed by atoms with Crippen LogP contribution >= 0.6 is 11.6 Å². The minimum atomic E-state index is -4.43. The van der Waals surface area contributed by atoms with Gasteiger partial charge in [0.15, 0.2) is 0 Å². The topological polar surface area (TPSA) is 70.3 Å². The lowest BCUT2D eigenvalue weighted by atomic mass is 10.1. The summed E-state index contributed by atoms with van der Waals surface area (Å²) in [5, 5.41) is 0.603. The number of aryl methyl sites for hydroxylation is 2. The van der Waals surface area contributed by atoms with Crippen LogP contribution in [0.3, 0.4) is 0 Å². The van der Waals surface area contributed by atoms with Gasteiger partial charge >= 0.3 is 17.4 Å². The fraction of sp³-hybridized carbons (Fsp3) is 0.143. The van der Waals surface area contributed by atoms with Crippen LogP contribution in [-0.2, 0) is 20.3 Å². The molecule has 0 saturated carbocycles. The molecule has 0 radical (unpaired) electrons. The lowest BCUT2D eigenvalue weighted by molar-refractivity contribution is -0.137. The van der Waals surface area contributed by atoms with E-state index in [1.165, 1.54) is 30.1 Å². The van der Waals surface area contributed by atoms with E-state index in [1.807, 2.05) is 6.07 Å². The fourth-order valence-electron chi connectivity index (χ4n) is 2.79. The molecule has 0 unspecified atom stereocenters. The molecule has 0 fully saturated rings. The molecule has 0 aliphatic carbocycles. The molecule has 10 heteroatoms. The number of halogens is 4. The highest BCUT2D eigenvalue weighted by Gasteiger charge is 2.30. The Hall–Kier alpha value is -3.46. The number of alkyl halides is 3. The molecule has 0 aliphatic rings. The van der Waals surface area contributed by atoms with Gasteiger partial charge in [-0.3, -0.25) is 0 Å². The number of benzene rings is 2. The molecule has 2 aromatic heterocycles. The van der Waals surface area contributed by atoms with Gasteiger partial charge in [0.25, 0.3) is 0 Å². The lowest BCUT2D eigenvalue weighted by Crippen LogP contribution is -2.05. The summed E-state index contributed by atoms with van der Waals surface area (Å²) in [5.74, 6) is 0. The zero-order valence-electron chi connectivity index (χ0n) is 16.3. The summed E-state index contributed by atoms with van der Waals surface area (Å²) >= 11 is 5.81. The van der Waals surface area contributed by atoms with Crippen LogP contribution in [0.1, 0.15) is 5.56 Å². The van der Waals surface area contributed by atoms with Crippen molar-refractivity contribution in [1.82, 2.24) is 9.48 Å². The van der Waals surface area contributed by atoms with Crippen LogP contribution in [-0.4, -0.2) is 9.48 Å². The molecule has 0 spiro atoms. The second kappa shape index (κ2) is 8.73. The van der Waals surface area contributed by atoms with Gasteiger partial charge in [0.1, 0.15) is 0 Å². The van der Waals surface area contributed by atoms with E-state index >= 15 is 0 Å². The Labute approximate surface area is 178 Å². The monoisotopic (exact) mass is 452 g/mol. The Bertz CT molecular complexity index is 1310. The van der Waals surface area contributed by atoms with Crippen LogP contribution in [0, 0.1) is 0 Å². The smallest absolute Gasteiger partial charge is 0.336 e. The van der Waals surface area contributed by atoms with E-state index in [9.17, 15) is 22.8 Å². The van der Waals surface area contributed by atoms with E-state index in [-0.39, 0.29) is 16.8 Å². The number of aromatic nitrogens is 2. The molecule has 6 nitrogen and oxygen atoms in total. The molecular weight excluding hydrogens is 437 g/mol. The molecule has 0 atom stereocenters. The first kappa shape index (κ1) is 22.2. The summed E-state index contributed by atoms with van der Waals surface area (Å²) in [5.41, 5.74) is -0.213. The maximum absolute atomic E-state index is 12.5. The third kappa shape index (κ3) is 5.37. The number of rotatable bonds is 2. The van der Waals surface area contributed by atoms with Gasteiger partial charge in [0, 0.05) is 19.1 Å². The highest BCUT2D eigenvalue weighted by Crippen LogP contribution is 2.31. The maximum Gasteiger partial charge on any atom is 0.416 e. The molecule has 0 bridgehead atoms. The van der Waals surface area contributed by atoms with Gasteiger partial charge in [-0.1, -0.05) is 35.9 Å². The third-order valence-corrected chi connectivity index (χ3v) is 4.39. The predicted molar refractivity (Wildman–Crippen MR) is 109 cm³/mol. The maximum atomic E-state index is 12.5. The van der Waals surface area contributed by atoms with Crippen molar-refractivity contribution in [1.29, 1.82) is 0 Å². The van der Waals surface area contributed by atoms with Crippen LogP contribution in [0.2, 0.25) is 5.02 Å². The van der Waals surface area contributed by atoms with Gasteiger partial charge in [0.2, 0.25) is 0 Å². The number of nitrogens with zero attached hydrogens (tertiary/aromatic N) is 2. The third-order valence-electron chi connectivity index (χ3n) is 4.15. The summed E-state index contributed by atoms with van der Waals surface area (Å²) in [7, 11) is 3.15. The Morgan fingerprint density at radius 1 is 0.806 bits per heavy atom. The van der Waals surface area contributed by atoms with Gasteiger partial charge in [-0.05, 0) is 35.4 Å². The zero-order valence-corrected chi connectivity index (χ0v) is 17.1. The average Bonchev–Trinajstić information content (AvgIpc) is 3.21. The summed E-state index contributed by atoms with van der Waals surface area (Å²) < 4.78 is 49.5. The van der Waals surface area contributed by atoms with Crippen molar-refractivity contribution in [2.24, 2.45) is 14.1 Å². The fourth-order valence-corrected chi connectivity index (χ4v) is 2.98. The molecule has 0 amide bonds. The molecule has 0 aliphatic heterocycles. The van der Waals surface area contributed by atoms with E-state index in [1.54, 1.807) is 31.4 Å². The Balaban J connectivity index is 0.000000179. The van der Waals surface area contributed by atoms with Crippen molar-refractivity contribution in [3.8, 4) is 22.3 Å². The van der Waals surface area contributed by atoms with Crippen molar-refractivity contribution < 1.29 is 22.2 Å². The van der Waals surface area contributed by atoms with Crippen molar-refractivity contribution in [2.75, 3.05) is 0 Å². The van der Waals surface area contributed by atoms with E-state index in [0.717, 1.165) is 22.4 Å². The minimum Gasteiger partial charge on any atom is -0.336 e. The molecule has 0 saturated heterocycles. The highest BCUT2D eigenvalue weighted by molar-refractivity contribution is 6.30. The normalized spacial score (nSPS) is 11.2. The molecule has 4 aromatic rings. The second-order valence-electron chi connectivity index (χ2n) is 6.52. The molecule has 4 rings (SSSR count). The first-order valence-corrected chi connectivity index (χ1v) is 9.20. The minimum absolute atomic E-state index is 0.110. The largest absolute Gasteiger partial charge is 0.416 e. The van der Waals surface area contributed by atoms with Crippen molar-refractivity contribution in [3.63, 3.8) is 0 Å². The van der Waals surface area contributed by atoms with Crippen molar-refractivity contribution in [2.45, 2.75) is 6.18 Å². The Morgan fingerprint density at radius 2 is 1.29 bits per heavy atom. The average molecular weight is 453 g/mol. The Kier molecular flexibility index (Phi) is 6.26.